The van der Waals surface area contributed by atoms with Gasteiger partial charge in [0.1, 0.15) is 5.65 Å². The second-order valence-electron chi connectivity index (χ2n) is 6.84. The number of aryl methyl sites for hydroxylation is 1. The zero-order chi connectivity index (χ0) is 23.6. The van der Waals surface area contributed by atoms with Crippen LogP contribution in [0.15, 0.2) is 57.8 Å². The largest absolute Gasteiger partial charge is 0.416 e. The maximum Gasteiger partial charge on any atom is 0.416 e. The number of carbonyl (C=O) groups excluding carboxylic acids is 1. The lowest BCUT2D eigenvalue weighted by molar-refractivity contribution is -0.137. The number of thioether (sulfide) groups is 1. The van der Waals surface area contributed by atoms with E-state index in [2.05, 4.69) is 25.8 Å². The average molecular weight is 493 g/mol. The van der Waals surface area contributed by atoms with Gasteiger partial charge < -0.3 is 5.32 Å². The summed E-state index contributed by atoms with van der Waals surface area (Å²) in [5.41, 5.74) is 1.03. The number of carbonyl (C=O) groups is 1. The van der Waals surface area contributed by atoms with E-state index in [1.54, 1.807) is 6.20 Å². The lowest BCUT2D eigenvalue weighted by atomic mass is 10.2. The molecule has 0 fully saturated rings. The summed E-state index contributed by atoms with van der Waals surface area (Å²) < 4.78 is 40.4. The number of hydrogen-bond acceptors (Lipinski definition) is 7. The fraction of sp³-hybridized carbons (Fsp3) is 0.150. The molecule has 0 aliphatic heterocycles. The summed E-state index contributed by atoms with van der Waals surface area (Å²) in [6.45, 7) is 1.91. The number of nitrogens with zero attached hydrogens (tertiary/aromatic N) is 4. The third kappa shape index (κ3) is 5.68. The van der Waals surface area contributed by atoms with Crippen LogP contribution in [0, 0.1) is 6.92 Å². The van der Waals surface area contributed by atoms with E-state index in [-0.39, 0.29) is 16.4 Å². The standard InChI is InChI=1S/C20H15F3N6O2S2/c1-11-5-6-29-15(7-11)24-14(9-16(29)30)10-32-19-28-27-18(33-19)26-17(31)25-13-4-2-3-12(8-13)20(21,22)23/h2-9H,10H2,1H3,(H2,25,26,27,31). The number of amides is 2. The summed E-state index contributed by atoms with van der Waals surface area (Å²) in [6.07, 6.45) is -2.84. The Morgan fingerprint density at radius 3 is 2.76 bits per heavy atom. The summed E-state index contributed by atoms with van der Waals surface area (Å²) in [4.78, 5) is 28.8. The van der Waals surface area contributed by atoms with Crippen LogP contribution in [-0.2, 0) is 11.9 Å². The Bertz CT molecular complexity index is 1390. The molecule has 33 heavy (non-hydrogen) atoms. The van der Waals surface area contributed by atoms with Gasteiger partial charge in [-0.1, -0.05) is 29.2 Å². The van der Waals surface area contributed by atoms with E-state index in [4.69, 9.17) is 0 Å². The van der Waals surface area contributed by atoms with Gasteiger partial charge >= 0.3 is 12.2 Å². The smallest absolute Gasteiger partial charge is 0.308 e. The fourth-order valence-electron chi connectivity index (χ4n) is 2.81. The van der Waals surface area contributed by atoms with Gasteiger partial charge in [-0.05, 0) is 42.8 Å². The predicted octanol–water partition coefficient (Wildman–Crippen LogP) is 4.81. The fourth-order valence-corrected chi connectivity index (χ4v) is 4.45. The van der Waals surface area contributed by atoms with E-state index in [0.29, 0.717) is 21.4 Å². The molecule has 0 radical (unpaired) electrons. The maximum absolute atomic E-state index is 12.8. The number of pyridine rings is 1. The molecule has 8 nitrogen and oxygen atoms in total. The van der Waals surface area contributed by atoms with Gasteiger partial charge in [0, 0.05) is 23.7 Å². The predicted molar refractivity (Wildman–Crippen MR) is 120 cm³/mol. The molecule has 0 saturated heterocycles. The van der Waals surface area contributed by atoms with Gasteiger partial charge in [-0.2, -0.15) is 13.2 Å². The molecule has 2 N–H and O–H groups in total. The Morgan fingerprint density at radius 1 is 1.15 bits per heavy atom. The van der Waals surface area contributed by atoms with Crippen molar-refractivity contribution in [1.82, 2.24) is 19.6 Å². The summed E-state index contributed by atoms with van der Waals surface area (Å²) in [7, 11) is 0. The highest BCUT2D eigenvalue weighted by Gasteiger charge is 2.30. The van der Waals surface area contributed by atoms with Gasteiger partial charge in [0.2, 0.25) is 5.13 Å². The number of alkyl halides is 3. The van der Waals surface area contributed by atoms with Crippen molar-refractivity contribution in [1.29, 1.82) is 0 Å². The Labute approximate surface area is 192 Å². The minimum Gasteiger partial charge on any atom is -0.308 e. The molecule has 0 unspecified atom stereocenters. The number of halogens is 3. The lowest BCUT2D eigenvalue weighted by Gasteiger charge is -2.09. The third-order valence-electron chi connectivity index (χ3n) is 4.29. The first-order chi connectivity index (χ1) is 15.7. The van der Waals surface area contributed by atoms with E-state index in [0.717, 1.165) is 29.0 Å². The third-order valence-corrected chi connectivity index (χ3v) is 6.30. The molecule has 3 heterocycles. The van der Waals surface area contributed by atoms with Gasteiger partial charge in [0.05, 0.1) is 11.3 Å². The number of rotatable bonds is 5. The second-order valence-corrected chi connectivity index (χ2v) is 9.04. The van der Waals surface area contributed by atoms with E-state index in [9.17, 15) is 22.8 Å². The molecule has 0 spiro atoms. The zero-order valence-electron chi connectivity index (χ0n) is 16.9. The first kappa shape index (κ1) is 22.7. The van der Waals surface area contributed by atoms with Crippen LogP contribution in [-0.4, -0.2) is 25.6 Å². The van der Waals surface area contributed by atoms with Crippen LogP contribution >= 0.6 is 23.1 Å². The molecular formula is C20H15F3N6O2S2. The summed E-state index contributed by atoms with van der Waals surface area (Å²) in [5.74, 6) is 0.366. The first-order valence-corrected chi connectivity index (χ1v) is 11.2. The second kappa shape index (κ2) is 9.19. The van der Waals surface area contributed by atoms with E-state index < -0.39 is 17.8 Å². The lowest BCUT2D eigenvalue weighted by Crippen LogP contribution is -2.19. The van der Waals surface area contributed by atoms with Crippen LogP contribution in [0.25, 0.3) is 5.65 Å². The molecule has 0 aliphatic carbocycles. The van der Waals surface area contributed by atoms with Crippen LogP contribution in [0.4, 0.5) is 28.8 Å². The van der Waals surface area contributed by atoms with Crippen molar-refractivity contribution in [3.63, 3.8) is 0 Å². The number of anilines is 2. The quantitative estimate of drug-likeness (QED) is 0.306. The minimum atomic E-state index is -4.51. The highest BCUT2D eigenvalue weighted by Crippen LogP contribution is 2.31. The van der Waals surface area contributed by atoms with Gasteiger partial charge in [-0.3, -0.25) is 14.5 Å². The van der Waals surface area contributed by atoms with Gasteiger partial charge in [-0.15, -0.1) is 10.2 Å². The van der Waals surface area contributed by atoms with Gasteiger partial charge in [0.15, 0.2) is 4.34 Å². The highest BCUT2D eigenvalue weighted by molar-refractivity contribution is 8.00. The number of benzene rings is 1. The molecule has 170 valence electrons. The van der Waals surface area contributed by atoms with Crippen LogP contribution in [0.3, 0.4) is 0 Å². The molecule has 0 saturated carbocycles. The number of urea groups is 1. The molecule has 4 rings (SSSR count). The number of fused-ring (bicyclic) bond motifs is 1. The normalized spacial score (nSPS) is 11.5. The molecule has 0 aliphatic rings. The molecule has 2 amide bonds. The topological polar surface area (TPSA) is 101 Å². The highest BCUT2D eigenvalue weighted by atomic mass is 32.2. The molecule has 0 atom stereocenters. The zero-order valence-corrected chi connectivity index (χ0v) is 18.5. The molecule has 13 heteroatoms. The number of hydrogen-bond donors (Lipinski definition) is 2. The monoisotopic (exact) mass is 492 g/mol. The van der Waals surface area contributed by atoms with Gasteiger partial charge in [0.25, 0.3) is 5.56 Å². The van der Waals surface area contributed by atoms with Crippen molar-refractivity contribution < 1.29 is 18.0 Å². The van der Waals surface area contributed by atoms with E-state index in [1.807, 2.05) is 19.1 Å². The van der Waals surface area contributed by atoms with Crippen molar-refractivity contribution in [3.05, 3.63) is 75.8 Å². The molecule has 0 bridgehead atoms. The Hall–Kier alpha value is -3.45. The summed E-state index contributed by atoms with van der Waals surface area (Å²) in [5, 5.41) is 12.8. The van der Waals surface area contributed by atoms with Crippen LogP contribution in [0.2, 0.25) is 0 Å². The van der Waals surface area contributed by atoms with Crippen LogP contribution in [0.1, 0.15) is 16.8 Å². The van der Waals surface area contributed by atoms with Crippen LogP contribution < -0.4 is 16.2 Å². The Kier molecular flexibility index (Phi) is 6.33. The molecule has 1 aromatic carbocycles. The summed E-state index contributed by atoms with van der Waals surface area (Å²) in [6, 6.07) is 8.62. The van der Waals surface area contributed by atoms with E-state index >= 15 is 0 Å². The average Bonchev–Trinajstić information content (AvgIpc) is 3.18. The summed E-state index contributed by atoms with van der Waals surface area (Å²) >= 11 is 2.38. The van der Waals surface area contributed by atoms with Crippen molar-refractivity contribution in [2.45, 2.75) is 23.2 Å². The molecule has 3 aromatic heterocycles. The SMILES string of the molecule is Cc1ccn2c(=O)cc(CSc3nnc(NC(=O)Nc4cccc(C(F)(F)F)c4)s3)nc2c1. The van der Waals surface area contributed by atoms with Crippen molar-refractivity contribution in [3.8, 4) is 0 Å². The van der Waals surface area contributed by atoms with Crippen LogP contribution in [0.5, 0.6) is 0 Å². The molecule has 4 aromatic rings. The first-order valence-electron chi connectivity index (χ1n) is 9.38. The van der Waals surface area contributed by atoms with E-state index in [1.165, 1.54) is 34.4 Å². The number of nitrogens with one attached hydrogen (secondary N) is 2. The maximum atomic E-state index is 12.8. The Morgan fingerprint density at radius 2 is 1.97 bits per heavy atom. The number of aromatic nitrogens is 4. The van der Waals surface area contributed by atoms with Crippen molar-refractivity contribution in [2.75, 3.05) is 10.6 Å². The van der Waals surface area contributed by atoms with Gasteiger partial charge in [-0.25, -0.2) is 9.78 Å². The Balaban J connectivity index is 1.37. The molecular weight excluding hydrogens is 477 g/mol. The minimum absolute atomic E-state index is 0.00894. The van der Waals surface area contributed by atoms with Crippen molar-refractivity contribution in [2.24, 2.45) is 0 Å². The van der Waals surface area contributed by atoms with Crippen molar-refractivity contribution >= 4 is 45.6 Å².